The molecule has 23 nitrogen and oxygen atoms in total. The van der Waals surface area contributed by atoms with Crippen molar-refractivity contribution in [1.82, 2.24) is 50.2 Å². The van der Waals surface area contributed by atoms with Crippen molar-refractivity contribution in [2.24, 2.45) is 47.3 Å². The van der Waals surface area contributed by atoms with Gasteiger partial charge in [0.05, 0.1) is 12.1 Å². The number of ketones is 1. The van der Waals surface area contributed by atoms with E-state index in [1.807, 2.05) is 55.4 Å². The van der Waals surface area contributed by atoms with Crippen molar-refractivity contribution in [1.29, 1.82) is 0 Å². The van der Waals surface area contributed by atoms with E-state index in [2.05, 4.69) is 16.0 Å². The Bertz CT molecular complexity index is 2350. The number of nitrogens with zero attached hydrogens (tertiary/aromatic N) is 7. The number of nitrogens with one attached hydrogen (secondary N) is 3. The maximum absolute atomic E-state index is 15.2. The van der Waals surface area contributed by atoms with Gasteiger partial charge >= 0.3 is 0 Å². The normalized spacial score (nSPS) is 30.6. The summed E-state index contributed by atoms with van der Waals surface area (Å²) in [6.45, 7) is 29.9. The Balaban J connectivity index is 2.97. The van der Waals surface area contributed by atoms with Crippen molar-refractivity contribution in [3.05, 3.63) is 0 Å². The molecule has 23 heteroatoms. The number of likely N-dealkylation sites (N-methyl/N-ethyl adjacent to an activating group) is 7. The van der Waals surface area contributed by atoms with Gasteiger partial charge in [-0.3, -0.25) is 52.7 Å². The standard InChI is InChI=1S/C62H110N10O13/c1-25-42-58(80)66(18)41(17)57(79)67(19)44(27-33(4)5)54(76)65-49(36(10)11)61(83)68(20)43(26-32(2)3)53(75)63-40(16)47(73)30-39(15)56(78)69(21)45(28-34(6)7)59(81)70(22)46(29-35(8)9)60(82)71(23)50(37(12)13)62(84)72(24)51(55(77)64-42)52-38(14)31-48(74)85-52/h32-46,48-52,74H,25-31H2,1-24H3,(H,63,75)(H,64,77)(H,65,76)/t38-,39-,40-,41-,42-,43-,44+,45-,46-,48+,49-,50-,51-,52?/m1/s1. The molecule has 2 aliphatic rings. The molecule has 2 saturated heterocycles. The molecule has 0 aromatic carbocycles. The zero-order valence-electron chi connectivity index (χ0n) is 56.0. The summed E-state index contributed by atoms with van der Waals surface area (Å²) < 4.78 is 5.94. The minimum Gasteiger partial charge on any atom is -0.368 e. The lowest BCUT2D eigenvalue weighted by Crippen LogP contribution is -2.63. The molecule has 0 saturated carbocycles. The third kappa shape index (κ3) is 19.6. The zero-order chi connectivity index (χ0) is 65.7. The van der Waals surface area contributed by atoms with Crippen molar-refractivity contribution in [3.8, 4) is 0 Å². The second-order valence-corrected chi connectivity index (χ2v) is 26.8. The maximum Gasteiger partial charge on any atom is 0.246 e. The van der Waals surface area contributed by atoms with E-state index in [0.29, 0.717) is 0 Å². The number of carbonyl (C=O) groups is 11. The molecule has 0 spiro atoms. The molecule has 4 N–H and O–H groups in total. The van der Waals surface area contributed by atoms with Gasteiger partial charge in [-0.25, -0.2) is 0 Å². The fraction of sp³-hybridized carbons (Fsp3) is 0.823. The van der Waals surface area contributed by atoms with Crippen LogP contribution in [0.25, 0.3) is 0 Å². The number of hydrogen-bond donors (Lipinski definition) is 4. The second-order valence-electron chi connectivity index (χ2n) is 26.8. The Hall–Kier alpha value is -5.71. The van der Waals surface area contributed by atoms with Gasteiger partial charge in [0.25, 0.3) is 0 Å². The summed E-state index contributed by atoms with van der Waals surface area (Å²) in [5, 5.41) is 19.2. The van der Waals surface area contributed by atoms with E-state index in [4.69, 9.17) is 4.74 Å². The zero-order valence-corrected chi connectivity index (χ0v) is 56.0. The number of aliphatic hydroxyl groups excluding tert-OH is 1. The molecule has 14 atom stereocenters. The Morgan fingerprint density at radius 3 is 1.32 bits per heavy atom. The fourth-order valence-corrected chi connectivity index (χ4v) is 11.5. The topological polar surface area (TPSA) is 276 Å². The number of aliphatic hydroxyl groups is 1. The van der Waals surface area contributed by atoms with Crippen LogP contribution in [0.5, 0.6) is 0 Å². The van der Waals surface area contributed by atoms with Crippen LogP contribution in [0.2, 0.25) is 0 Å². The summed E-state index contributed by atoms with van der Waals surface area (Å²) in [5.74, 6) is -9.87. The van der Waals surface area contributed by atoms with Crippen molar-refractivity contribution in [2.75, 3.05) is 49.3 Å². The van der Waals surface area contributed by atoms with E-state index < -0.39 is 161 Å². The first-order valence-corrected chi connectivity index (χ1v) is 30.8. The van der Waals surface area contributed by atoms with Crippen molar-refractivity contribution < 1.29 is 62.6 Å². The molecule has 0 radical (unpaired) electrons. The highest BCUT2D eigenvalue weighted by atomic mass is 16.6. The number of rotatable bonds is 12. The number of Topliss-reactive ketones (excluding diaryl/α,β-unsaturated/α-hetero) is 1. The molecule has 2 fully saturated rings. The van der Waals surface area contributed by atoms with E-state index in [1.54, 1.807) is 48.5 Å². The molecular weight excluding hydrogens is 1090 g/mol. The van der Waals surface area contributed by atoms with Crippen LogP contribution in [0, 0.1) is 47.3 Å². The summed E-state index contributed by atoms with van der Waals surface area (Å²) >= 11 is 0. The molecule has 85 heavy (non-hydrogen) atoms. The highest BCUT2D eigenvalue weighted by molar-refractivity contribution is 6.00. The van der Waals surface area contributed by atoms with Crippen molar-refractivity contribution in [2.45, 2.75) is 235 Å². The SMILES string of the molecule is CC[C@H]1NC(=O)[C@@H](C2O[C@H](O)C[C@H]2C)N(C)C(=O)[C@@H](C(C)C)N(C)C(=O)[C@@H](CC(C)C)N(C)C(=O)[C@@H](CC(C)C)N(C)C(=O)[C@H](C)CC(=O)[C@@H](C)NC(=O)[C@@H](CC(C)C)N(C)C(=O)[C@@H](C(C)C)NC(=O)[C@H](CC(C)C)N(C)C(=O)[C@@H](C)N(C)C1=O. The third-order valence-corrected chi connectivity index (χ3v) is 17.0. The summed E-state index contributed by atoms with van der Waals surface area (Å²) in [7, 11) is 10.1. The Morgan fingerprint density at radius 2 is 0.894 bits per heavy atom. The molecule has 10 amide bonds. The molecule has 2 heterocycles. The van der Waals surface area contributed by atoms with E-state index in [1.165, 1.54) is 97.5 Å². The quantitative estimate of drug-likeness (QED) is 0.218. The predicted molar refractivity (Wildman–Crippen MR) is 324 cm³/mol. The Morgan fingerprint density at radius 1 is 0.471 bits per heavy atom. The summed E-state index contributed by atoms with van der Waals surface area (Å²) in [4.78, 5) is 170. The second kappa shape index (κ2) is 32.9. The van der Waals surface area contributed by atoms with Gasteiger partial charge in [-0.1, -0.05) is 104 Å². The van der Waals surface area contributed by atoms with Gasteiger partial charge in [0.1, 0.15) is 54.4 Å². The van der Waals surface area contributed by atoms with Crippen molar-refractivity contribution >= 4 is 64.9 Å². The largest absolute Gasteiger partial charge is 0.368 e. The molecule has 2 aliphatic heterocycles. The van der Waals surface area contributed by atoms with Gasteiger partial charge in [0.2, 0.25) is 59.1 Å². The average molecular weight is 1200 g/mol. The van der Waals surface area contributed by atoms with Crippen LogP contribution in [0.3, 0.4) is 0 Å². The van der Waals surface area contributed by atoms with Gasteiger partial charge in [-0.15, -0.1) is 0 Å². The van der Waals surface area contributed by atoms with Crippen molar-refractivity contribution in [3.63, 3.8) is 0 Å². The number of carbonyl (C=O) groups excluding carboxylic acids is 11. The Labute approximate surface area is 508 Å². The van der Waals surface area contributed by atoms with Gasteiger partial charge in [0.15, 0.2) is 12.1 Å². The number of hydrogen-bond acceptors (Lipinski definition) is 13. The van der Waals surface area contributed by atoms with Crippen LogP contribution in [0.4, 0.5) is 0 Å². The lowest BCUT2D eigenvalue weighted by Gasteiger charge is -2.41. The van der Waals surface area contributed by atoms with Gasteiger partial charge in [-0.2, -0.15) is 0 Å². The van der Waals surface area contributed by atoms with Gasteiger partial charge in [0, 0.05) is 68.1 Å². The van der Waals surface area contributed by atoms with E-state index in [0.717, 1.165) is 0 Å². The van der Waals surface area contributed by atoms with E-state index in [9.17, 15) is 48.3 Å². The van der Waals surface area contributed by atoms with Gasteiger partial charge < -0.3 is 60.1 Å². The minimum absolute atomic E-state index is 0.0321. The molecule has 486 valence electrons. The van der Waals surface area contributed by atoms with Crippen LogP contribution in [0.15, 0.2) is 0 Å². The highest BCUT2D eigenvalue weighted by Crippen LogP contribution is 2.31. The highest BCUT2D eigenvalue weighted by Gasteiger charge is 2.49. The molecule has 1 unspecified atom stereocenters. The number of amides is 10. The Kier molecular flexibility index (Phi) is 29.1. The summed E-state index contributed by atoms with van der Waals surface area (Å²) in [6.07, 6.45) is -1.85. The molecule has 0 aromatic heterocycles. The van der Waals surface area contributed by atoms with Gasteiger partial charge in [-0.05, 0) is 87.4 Å². The predicted octanol–water partition coefficient (Wildman–Crippen LogP) is 3.53. The first-order valence-electron chi connectivity index (χ1n) is 30.8. The van der Waals surface area contributed by atoms with E-state index in [-0.39, 0.29) is 68.6 Å². The number of ether oxygens (including phenoxy) is 1. The summed E-state index contributed by atoms with van der Waals surface area (Å²) in [5.41, 5.74) is 0. The molecular formula is C62H110N10O13. The van der Waals surface area contributed by atoms with Crippen LogP contribution < -0.4 is 16.0 Å². The van der Waals surface area contributed by atoms with Crippen LogP contribution in [-0.4, -0.2) is 226 Å². The fourth-order valence-electron chi connectivity index (χ4n) is 11.5. The minimum atomic E-state index is -1.46. The lowest BCUT2D eigenvalue weighted by molar-refractivity contribution is -0.161. The van der Waals surface area contributed by atoms with Crippen LogP contribution >= 0.6 is 0 Å². The lowest BCUT2D eigenvalue weighted by atomic mass is 9.93. The van der Waals surface area contributed by atoms with Crippen LogP contribution in [0.1, 0.15) is 163 Å². The smallest absolute Gasteiger partial charge is 0.246 e. The molecule has 0 bridgehead atoms. The monoisotopic (exact) mass is 1200 g/mol. The van der Waals surface area contributed by atoms with E-state index >= 15 is 9.59 Å². The average Bonchev–Trinajstić information content (AvgIpc) is 4.05. The first-order chi connectivity index (χ1) is 39.2. The molecule has 0 aliphatic carbocycles. The molecule has 2 rings (SSSR count). The summed E-state index contributed by atoms with van der Waals surface area (Å²) in [6, 6.07) is -11.9. The maximum atomic E-state index is 15.2. The third-order valence-electron chi connectivity index (χ3n) is 17.0. The van der Waals surface area contributed by atoms with Crippen LogP contribution in [-0.2, 0) is 57.5 Å². The molecule has 0 aromatic rings. The first kappa shape index (κ1) is 75.4.